The van der Waals surface area contributed by atoms with Gasteiger partial charge in [-0.15, -0.1) is 0 Å². The summed E-state index contributed by atoms with van der Waals surface area (Å²) < 4.78 is 19.7. The van der Waals surface area contributed by atoms with Gasteiger partial charge in [-0.05, 0) is 51.5 Å². The van der Waals surface area contributed by atoms with E-state index in [4.69, 9.17) is 14.2 Å². The molecule has 4 aromatic rings. The fourth-order valence-electron chi connectivity index (χ4n) is 4.76. The van der Waals surface area contributed by atoms with Crippen LogP contribution in [0.15, 0.2) is 99.9 Å². The zero-order chi connectivity index (χ0) is 28.9. The number of carbonyl (C=O) groups excluding carboxylic acids is 1. The molecule has 0 radical (unpaired) electrons. The van der Waals surface area contributed by atoms with Crippen LogP contribution >= 0.6 is 11.3 Å². The van der Waals surface area contributed by atoms with Gasteiger partial charge in [0.1, 0.15) is 24.1 Å². The molecule has 3 aromatic carbocycles. The average Bonchev–Trinajstić information content (AvgIpc) is 3.26. The highest BCUT2D eigenvalue weighted by atomic mass is 32.1. The van der Waals surface area contributed by atoms with Crippen LogP contribution in [0.4, 0.5) is 0 Å². The molecule has 210 valence electrons. The fourth-order valence-corrected chi connectivity index (χ4v) is 5.80. The summed E-state index contributed by atoms with van der Waals surface area (Å²) in [5, 5.41) is 0. The van der Waals surface area contributed by atoms with E-state index in [2.05, 4.69) is 4.99 Å². The normalized spacial score (nSPS) is 15.0. The van der Waals surface area contributed by atoms with Crippen LogP contribution in [0, 0.1) is 0 Å². The lowest BCUT2D eigenvalue weighted by molar-refractivity contribution is -0.139. The predicted molar refractivity (Wildman–Crippen MR) is 160 cm³/mol. The van der Waals surface area contributed by atoms with Crippen molar-refractivity contribution in [2.24, 2.45) is 4.99 Å². The van der Waals surface area contributed by atoms with Gasteiger partial charge in [-0.3, -0.25) is 9.36 Å². The van der Waals surface area contributed by atoms with Crippen LogP contribution < -0.4 is 24.4 Å². The molecule has 0 spiro atoms. The quantitative estimate of drug-likeness (QED) is 0.261. The molecule has 1 aliphatic heterocycles. The van der Waals surface area contributed by atoms with Crippen LogP contribution in [0.5, 0.6) is 11.5 Å². The third-order valence-corrected chi connectivity index (χ3v) is 7.52. The van der Waals surface area contributed by atoms with E-state index >= 15 is 0 Å². The SMILES string of the molecule is CCOC(=O)C1=C(C)N=c2s/c(=C\c3ccccc3OCc3ccccc3)c(=O)n2C1c1ccccc1OC(C)C. The largest absolute Gasteiger partial charge is 0.491 e. The minimum Gasteiger partial charge on any atom is -0.491 e. The van der Waals surface area contributed by atoms with Gasteiger partial charge < -0.3 is 14.2 Å². The van der Waals surface area contributed by atoms with E-state index in [1.807, 2.05) is 98.8 Å². The van der Waals surface area contributed by atoms with Crippen molar-refractivity contribution in [1.82, 2.24) is 4.57 Å². The molecule has 1 unspecified atom stereocenters. The number of nitrogens with zero attached hydrogens (tertiary/aromatic N) is 2. The molecule has 0 amide bonds. The number of benzene rings is 3. The summed E-state index contributed by atoms with van der Waals surface area (Å²) in [5.41, 5.74) is 3.08. The van der Waals surface area contributed by atoms with Crippen molar-refractivity contribution in [2.45, 2.75) is 46.4 Å². The molecular weight excluding hydrogens is 536 g/mol. The molecule has 1 aromatic heterocycles. The molecule has 0 aliphatic carbocycles. The molecule has 5 rings (SSSR count). The number of carbonyl (C=O) groups is 1. The molecular formula is C33H32N2O5S. The molecule has 7 nitrogen and oxygen atoms in total. The maximum absolute atomic E-state index is 14.1. The Morgan fingerprint density at radius 2 is 1.68 bits per heavy atom. The third kappa shape index (κ3) is 6.02. The van der Waals surface area contributed by atoms with E-state index in [1.165, 1.54) is 11.3 Å². The van der Waals surface area contributed by atoms with E-state index in [9.17, 15) is 9.59 Å². The molecule has 8 heteroatoms. The number of ether oxygens (including phenoxy) is 3. The van der Waals surface area contributed by atoms with Gasteiger partial charge in [0.25, 0.3) is 5.56 Å². The second-order valence-electron chi connectivity index (χ2n) is 9.82. The average molecular weight is 569 g/mol. The standard InChI is InChI=1S/C33H32N2O5S/c1-5-38-32(37)29-22(4)34-33-35(30(29)25-16-10-12-18-27(25)40-21(2)3)31(36)28(41-33)19-24-15-9-11-17-26(24)39-20-23-13-7-6-8-14-23/h6-19,21,30H,5,20H2,1-4H3/b28-19-. The minimum absolute atomic E-state index is 0.101. The number of para-hydroxylation sites is 2. The van der Waals surface area contributed by atoms with Gasteiger partial charge in [-0.25, -0.2) is 9.79 Å². The first-order chi connectivity index (χ1) is 19.9. The topological polar surface area (TPSA) is 79.1 Å². The van der Waals surface area contributed by atoms with Crippen molar-refractivity contribution < 1.29 is 19.0 Å². The summed E-state index contributed by atoms with van der Waals surface area (Å²) in [5.74, 6) is 0.753. The predicted octanol–water partition coefficient (Wildman–Crippen LogP) is 5.16. The van der Waals surface area contributed by atoms with Gasteiger partial charge in [0.05, 0.1) is 28.5 Å². The van der Waals surface area contributed by atoms with Gasteiger partial charge in [0, 0.05) is 11.1 Å². The maximum Gasteiger partial charge on any atom is 0.338 e. The number of esters is 1. The Morgan fingerprint density at radius 3 is 2.41 bits per heavy atom. The van der Waals surface area contributed by atoms with Crippen LogP contribution in [-0.2, 0) is 16.1 Å². The van der Waals surface area contributed by atoms with Gasteiger partial charge in [0.15, 0.2) is 4.80 Å². The first kappa shape index (κ1) is 28.1. The fraction of sp³-hybridized carbons (Fsp3) is 0.242. The molecule has 0 fully saturated rings. The third-order valence-electron chi connectivity index (χ3n) is 6.54. The molecule has 41 heavy (non-hydrogen) atoms. The van der Waals surface area contributed by atoms with Crippen LogP contribution in [0.3, 0.4) is 0 Å². The van der Waals surface area contributed by atoms with Crippen LogP contribution in [0.25, 0.3) is 6.08 Å². The summed E-state index contributed by atoms with van der Waals surface area (Å²) >= 11 is 1.27. The zero-order valence-electron chi connectivity index (χ0n) is 23.5. The van der Waals surface area contributed by atoms with Crippen LogP contribution in [0.2, 0.25) is 0 Å². The first-order valence-corrected chi connectivity index (χ1v) is 14.4. The highest BCUT2D eigenvalue weighted by molar-refractivity contribution is 7.07. The van der Waals surface area contributed by atoms with Crippen molar-refractivity contribution in [2.75, 3.05) is 6.61 Å². The smallest absolute Gasteiger partial charge is 0.338 e. The molecule has 0 saturated carbocycles. The molecule has 0 bridgehead atoms. The lowest BCUT2D eigenvalue weighted by atomic mass is 9.95. The number of allylic oxidation sites excluding steroid dienone is 1. The second-order valence-corrected chi connectivity index (χ2v) is 10.8. The summed E-state index contributed by atoms with van der Waals surface area (Å²) in [7, 11) is 0. The number of fused-ring (bicyclic) bond motifs is 1. The highest BCUT2D eigenvalue weighted by Crippen LogP contribution is 2.36. The minimum atomic E-state index is -0.757. The Morgan fingerprint density at radius 1 is 1.00 bits per heavy atom. The van der Waals surface area contributed by atoms with Crippen LogP contribution in [0.1, 0.15) is 50.4 Å². The van der Waals surface area contributed by atoms with E-state index in [0.717, 1.165) is 11.1 Å². The summed E-state index contributed by atoms with van der Waals surface area (Å²) in [4.78, 5) is 32.5. The van der Waals surface area contributed by atoms with Gasteiger partial charge in [0.2, 0.25) is 0 Å². The zero-order valence-corrected chi connectivity index (χ0v) is 24.3. The number of hydrogen-bond donors (Lipinski definition) is 0. The number of rotatable bonds is 9. The van der Waals surface area contributed by atoms with E-state index < -0.39 is 12.0 Å². The number of hydrogen-bond acceptors (Lipinski definition) is 7. The van der Waals surface area contributed by atoms with Crippen molar-refractivity contribution in [3.05, 3.63) is 127 Å². The maximum atomic E-state index is 14.1. The lowest BCUT2D eigenvalue weighted by Gasteiger charge is -2.26. The first-order valence-electron chi connectivity index (χ1n) is 13.6. The van der Waals surface area contributed by atoms with E-state index in [-0.39, 0.29) is 18.3 Å². The number of aromatic nitrogens is 1. The molecule has 1 atom stereocenters. The highest BCUT2D eigenvalue weighted by Gasteiger charge is 2.35. The lowest BCUT2D eigenvalue weighted by Crippen LogP contribution is -2.40. The van der Waals surface area contributed by atoms with Crippen molar-refractivity contribution in [1.29, 1.82) is 0 Å². The van der Waals surface area contributed by atoms with Gasteiger partial charge in [-0.1, -0.05) is 78.1 Å². The van der Waals surface area contributed by atoms with Gasteiger partial charge >= 0.3 is 5.97 Å². The molecule has 0 N–H and O–H groups in total. The van der Waals surface area contributed by atoms with Crippen LogP contribution in [-0.4, -0.2) is 23.2 Å². The van der Waals surface area contributed by atoms with E-state index in [0.29, 0.717) is 44.3 Å². The summed E-state index contributed by atoms with van der Waals surface area (Å²) in [6.45, 7) is 8.01. The molecule has 2 heterocycles. The Balaban J connectivity index is 1.64. The summed E-state index contributed by atoms with van der Waals surface area (Å²) in [6, 6.07) is 24.2. The number of thiazole rings is 1. The Labute approximate surface area is 242 Å². The molecule has 0 saturated heterocycles. The van der Waals surface area contributed by atoms with E-state index in [1.54, 1.807) is 18.4 Å². The van der Waals surface area contributed by atoms with Crippen molar-refractivity contribution in [3.63, 3.8) is 0 Å². The monoisotopic (exact) mass is 568 g/mol. The Kier molecular flexibility index (Phi) is 8.50. The van der Waals surface area contributed by atoms with Crippen molar-refractivity contribution >= 4 is 23.4 Å². The Hall–Kier alpha value is -4.43. The van der Waals surface area contributed by atoms with Crippen molar-refractivity contribution in [3.8, 4) is 11.5 Å². The summed E-state index contributed by atoms with van der Waals surface area (Å²) in [6.07, 6.45) is 1.72. The Bertz CT molecular complexity index is 1770. The molecule has 1 aliphatic rings. The second kappa shape index (κ2) is 12.4. The van der Waals surface area contributed by atoms with Gasteiger partial charge in [-0.2, -0.15) is 0 Å².